The average molecular weight is 420 g/mol. The van der Waals surface area contributed by atoms with E-state index < -0.39 is 0 Å². The van der Waals surface area contributed by atoms with E-state index in [1.54, 1.807) is 22.5 Å². The van der Waals surface area contributed by atoms with E-state index in [0.29, 0.717) is 29.6 Å². The highest BCUT2D eigenvalue weighted by Gasteiger charge is 2.23. The van der Waals surface area contributed by atoms with Crippen LogP contribution >= 0.6 is 11.8 Å². The van der Waals surface area contributed by atoms with E-state index in [1.165, 1.54) is 16.7 Å². The second-order valence-electron chi connectivity index (χ2n) is 7.40. The van der Waals surface area contributed by atoms with Crippen LogP contribution in [0.2, 0.25) is 0 Å². The second-order valence-corrected chi connectivity index (χ2v) is 8.27. The van der Waals surface area contributed by atoms with Crippen LogP contribution in [0.5, 0.6) is 0 Å². The fraction of sp³-hybridized carbons (Fsp3) is 0.318. The summed E-state index contributed by atoms with van der Waals surface area (Å²) in [5.41, 5.74) is 11.3. The molecule has 4 N–H and O–H groups in total. The van der Waals surface area contributed by atoms with Gasteiger partial charge in [-0.2, -0.15) is 26.6 Å². The summed E-state index contributed by atoms with van der Waals surface area (Å²) in [7, 11) is 0. The van der Waals surface area contributed by atoms with Crippen molar-refractivity contribution in [2.45, 2.75) is 31.6 Å². The van der Waals surface area contributed by atoms with Crippen molar-refractivity contribution in [1.82, 2.24) is 14.6 Å². The minimum atomic E-state index is 0.457. The van der Waals surface area contributed by atoms with Crippen LogP contribution in [0.3, 0.4) is 0 Å². The molecule has 0 radical (unpaired) electrons. The summed E-state index contributed by atoms with van der Waals surface area (Å²) in [6.07, 6.45) is 7.99. The number of rotatable bonds is 8. The molecule has 2 heterocycles. The highest BCUT2D eigenvalue weighted by Crippen LogP contribution is 2.30. The Morgan fingerprint density at radius 2 is 2.23 bits per heavy atom. The zero-order valence-electron chi connectivity index (χ0n) is 17.1. The maximum absolute atomic E-state index is 9.41. The lowest BCUT2D eigenvalue weighted by Gasteiger charge is -2.14. The Balaban J connectivity index is 1.70. The third kappa shape index (κ3) is 4.27. The molecule has 2 aromatic heterocycles. The van der Waals surface area contributed by atoms with Crippen molar-refractivity contribution >= 4 is 40.3 Å². The number of nitrogens with one attached hydrogen (secondary N) is 2. The minimum Gasteiger partial charge on any atom is -0.367 e. The third-order valence-electron chi connectivity index (χ3n) is 5.05. The normalized spacial score (nSPS) is 14.0. The number of benzene rings is 1. The summed E-state index contributed by atoms with van der Waals surface area (Å²) in [6, 6.07) is 10.9. The quantitative estimate of drug-likeness (QED) is 0.504. The van der Waals surface area contributed by atoms with Gasteiger partial charge in [-0.05, 0) is 54.9 Å². The molecule has 4 rings (SSSR count). The molecule has 0 amide bonds. The van der Waals surface area contributed by atoms with Gasteiger partial charge in [0.05, 0.1) is 6.20 Å². The van der Waals surface area contributed by atoms with Gasteiger partial charge in [0, 0.05) is 30.1 Å². The molecule has 0 bridgehead atoms. The fourth-order valence-corrected chi connectivity index (χ4v) is 3.96. The first kappa shape index (κ1) is 20.3. The Labute approximate surface area is 180 Å². The Bertz CT molecular complexity index is 1140. The zero-order valence-corrected chi connectivity index (χ0v) is 18.0. The second kappa shape index (κ2) is 8.78. The maximum atomic E-state index is 9.41. The Hall–Kier alpha value is -3.02. The van der Waals surface area contributed by atoms with E-state index in [2.05, 4.69) is 58.2 Å². The van der Waals surface area contributed by atoms with Gasteiger partial charge in [0.15, 0.2) is 5.65 Å². The lowest BCUT2D eigenvalue weighted by molar-refractivity contribution is 0.926. The van der Waals surface area contributed by atoms with E-state index in [1.807, 2.05) is 12.1 Å². The van der Waals surface area contributed by atoms with Gasteiger partial charge in [-0.1, -0.05) is 12.1 Å². The highest BCUT2D eigenvalue weighted by molar-refractivity contribution is 7.97. The van der Waals surface area contributed by atoms with Crippen molar-refractivity contribution in [2.75, 3.05) is 23.4 Å². The first-order chi connectivity index (χ1) is 14.6. The number of nitrogens with zero attached hydrogens (tertiary/aromatic N) is 4. The van der Waals surface area contributed by atoms with Crippen molar-refractivity contribution < 1.29 is 0 Å². The van der Waals surface area contributed by atoms with Gasteiger partial charge in [-0.15, -0.1) is 0 Å². The van der Waals surface area contributed by atoms with Crippen LogP contribution in [-0.4, -0.2) is 33.4 Å². The molecule has 0 aliphatic heterocycles. The lowest BCUT2D eigenvalue weighted by Crippen LogP contribution is -2.09. The van der Waals surface area contributed by atoms with Crippen LogP contribution in [-0.2, 0) is 5.75 Å². The number of aromatic nitrogens is 3. The summed E-state index contributed by atoms with van der Waals surface area (Å²) in [4.78, 5) is 4.65. The largest absolute Gasteiger partial charge is 0.367 e. The summed E-state index contributed by atoms with van der Waals surface area (Å²) in [5.74, 6) is 2.43. The molecule has 154 valence electrons. The first-order valence-electron chi connectivity index (χ1n) is 9.94. The van der Waals surface area contributed by atoms with Crippen LogP contribution in [0.4, 0.5) is 17.3 Å². The van der Waals surface area contributed by atoms with E-state index in [-0.39, 0.29) is 0 Å². The molecule has 0 saturated heterocycles. The maximum Gasteiger partial charge on any atom is 0.177 e. The van der Waals surface area contributed by atoms with Crippen molar-refractivity contribution in [3.8, 4) is 6.07 Å². The predicted molar refractivity (Wildman–Crippen MR) is 124 cm³/mol. The van der Waals surface area contributed by atoms with Gasteiger partial charge < -0.3 is 16.4 Å². The standard InChI is InChI=1S/C22H25N7S/c1-14(7-8-23)19-6-5-18(9-15(19)13-30-2)26-20-10-21(27-17-3-4-17)29-22(28-20)16(11-24)12-25-29/h5-7,9-10,12,17,27H,3-4,8,13,23H2,1-2H3,(H,26,28)/b14-7+. The third-order valence-corrected chi connectivity index (χ3v) is 5.65. The van der Waals surface area contributed by atoms with Crippen LogP contribution in [0.15, 0.2) is 36.5 Å². The molecule has 8 heteroatoms. The van der Waals surface area contributed by atoms with Gasteiger partial charge in [-0.3, -0.25) is 0 Å². The van der Waals surface area contributed by atoms with Gasteiger partial charge >= 0.3 is 0 Å². The topological polar surface area (TPSA) is 104 Å². The van der Waals surface area contributed by atoms with Crippen LogP contribution in [0.25, 0.3) is 11.2 Å². The number of hydrogen-bond acceptors (Lipinski definition) is 7. The molecule has 1 saturated carbocycles. The summed E-state index contributed by atoms with van der Waals surface area (Å²) in [5, 5.41) is 20.6. The number of anilines is 3. The number of allylic oxidation sites excluding steroid dienone is 1. The van der Waals surface area contributed by atoms with Crippen molar-refractivity contribution in [3.05, 3.63) is 53.2 Å². The summed E-state index contributed by atoms with van der Waals surface area (Å²) in [6.45, 7) is 2.62. The summed E-state index contributed by atoms with van der Waals surface area (Å²) >= 11 is 1.78. The molecule has 0 atom stereocenters. The zero-order chi connectivity index (χ0) is 21.1. The Morgan fingerprint density at radius 3 is 2.93 bits per heavy atom. The Kier molecular flexibility index (Phi) is 5.93. The number of hydrogen-bond donors (Lipinski definition) is 3. The van der Waals surface area contributed by atoms with E-state index in [4.69, 9.17) is 5.73 Å². The first-order valence-corrected chi connectivity index (χ1v) is 11.3. The molecule has 1 aromatic carbocycles. The molecular formula is C22H25N7S. The van der Waals surface area contributed by atoms with E-state index in [9.17, 15) is 5.26 Å². The molecule has 0 spiro atoms. The molecule has 1 fully saturated rings. The van der Waals surface area contributed by atoms with Gasteiger partial charge in [0.1, 0.15) is 23.3 Å². The minimum absolute atomic E-state index is 0.457. The number of nitrogens with two attached hydrogens (primary N) is 1. The van der Waals surface area contributed by atoms with Gasteiger partial charge in [-0.25, -0.2) is 4.98 Å². The number of nitriles is 1. The molecule has 0 unspecified atom stereocenters. The van der Waals surface area contributed by atoms with Crippen LogP contribution in [0.1, 0.15) is 36.5 Å². The smallest absolute Gasteiger partial charge is 0.177 e. The van der Waals surface area contributed by atoms with E-state index >= 15 is 0 Å². The van der Waals surface area contributed by atoms with Gasteiger partial charge in [0.25, 0.3) is 0 Å². The van der Waals surface area contributed by atoms with Gasteiger partial charge in [0.2, 0.25) is 0 Å². The van der Waals surface area contributed by atoms with Crippen LogP contribution < -0.4 is 16.4 Å². The summed E-state index contributed by atoms with van der Waals surface area (Å²) < 4.78 is 1.70. The van der Waals surface area contributed by atoms with Crippen molar-refractivity contribution in [3.63, 3.8) is 0 Å². The molecule has 30 heavy (non-hydrogen) atoms. The average Bonchev–Trinajstić information content (AvgIpc) is 3.45. The molecular weight excluding hydrogens is 394 g/mol. The number of thioether (sulfide) groups is 1. The monoisotopic (exact) mass is 419 g/mol. The van der Waals surface area contributed by atoms with Crippen molar-refractivity contribution in [2.24, 2.45) is 5.73 Å². The Morgan fingerprint density at radius 1 is 1.40 bits per heavy atom. The number of fused-ring (bicyclic) bond motifs is 1. The molecule has 1 aliphatic rings. The van der Waals surface area contributed by atoms with E-state index in [0.717, 1.165) is 30.1 Å². The van der Waals surface area contributed by atoms with Crippen LogP contribution in [0, 0.1) is 11.3 Å². The highest BCUT2D eigenvalue weighted by atomic mass is 32.2. The lowest BCUT2D eigenvalue weighted by atomic mass is 10.0. The predicted octanol–water partition coefficient (Wildman–Crippen LogP) is 4.14. The molecule has 7 nitrogen and oxygen atoms in total. The molecule has 1 aliphatic carbocycles. The van der Waals surface area contributed by atoms with Crippen molar-refractivity contribution in [1.29, 1.82) is 5.26 Å². The molecule has 3 aromatic rings. The SMILES string of the molecule is CSCc1cc(Nc2cc(NC3CC3)n3ncc(C#N)c3n2)ccc1/C(C)=C/CN. The fourth-order valence-electron chi connectivity index (χ4n) is 3.41.